The van der Waals surface area contributed by atoms with Gasteiger partial charge in [0.25, 0.3) is 0 Å². The van der Waals surface area contributed by atoms with Crippen LogP contribution in [0.3, 0.4) is 0 Å². The molecule has 0 aromatic carbocycles. The van der Waals surface area contributed by atoms with Crippen molar-refractivity contribution in [3.63, 3.8) is 0 Å². The predicted octanol–water partition coefficient (Wildman–Crippen LogP) is 3.35. The van der Waals surface area contributed by atoms with E-state index in [0.29, 0.717) is 0 Å². The van der Waals surface area contributed by atoms with Crippen molar-refractivity contribution >= 4 is 20.6 Å². The number of rotatable bonds is 9. The van der Waals surface area contributed by atoms with E-state index >= 15 is 0 Å². The summed E-state index contributed by atoms with van der Waals surface area (Å²) in [5, 5.41) is 0. The first-order chi connectivity index (χ1) is 9.42. The molecule has 0 N–H and O–H groups in total. The molecule has 0 aliphatic carbocycles. The summed E-state index contributed by atoms with van der Waals surface area (Å²) in [7, 11) is 0. The van der Waals surface area contributed by atoms with Gasteiger partial charge < -0.3 is 0 Å². The summed E-state index contributed by atoms with van der Waals surface area (Å²) in [6.07, 6.45) is 0. The van der Waals surface area contributed by atoms with Crippen LogP contribution in [0.25, 0.3) is 0 Å². The van der Waals surface area contributed by atoms with Gasteiger partial charge in [0.05, 0.1) is 0 Å². The Morgan fingerprint density at radius 3 is 0.800 bits per heavy atom. The van der Waals surface area contributed by atoms with Crippen LogP contribution in [0.1, 0.15) is 62.3 Å². The number of hydrogen-bond acceptors (Lipinski definition) is 3. The van der Waals surface area contributed by atoms with Crippen molar-refractivity contribution in [1.82, 2.24) is 9.36 Å². The molecule has 0 spiro atoms. The first-order valence-corrected chi connectivity index (χ1v) is 12.8. The van der Waals surface area contributed by atoms with Crippen LogP contribution in [0.5, 0.6) is 0 Å². The minimum Gasteiger partial charge on any atom is -0.0597 e. The standard InChI is InChI=1S/3C4H10N.C4H9.Sn.H/c3*1-3-5-4-2;1-4(2)3;;/h3*3-4H2,1-2H3;1-3H3;;/q3*-1;;+3;. The average Bonchev–Trinajstić information content (AvgIpc) is 2.41. The maximum absolute atomic E-state index is 2.75. The normalized spacial score (nSPS) is 11.7. The molecule has 0 bridgehead atoms. The van der Waals surface area contributed by atoms with E-state index in [9.17, 15) is 0 Å². The second-order valence-electron chi connectivity index (χ2n) is 5.51. The van der Waals surface area contributed by atoms with Crippen LogP contribution in [-0.2, 0) is 0 Å². The minimum absolute atomic E-state index is 1.21. The van der Waals surface area contributed by atoms with Gasteiger partial charge in [-0.05, 0) is 5.92 Å². The quantitative estimate of drug-likeness (QED) is 0.557. The molecule has 20 heavy (non-hydrogen) atoms. The van der Waals surface area contributed by atoms with Gasteiger partial charge in [-0.1, -0.05) is 20.8 Å². The summed E-state index contributed by atoms with van der Waals surface area (Å²) in [5.74, 6) is 1.42. The average molecular weight is 393 g/mol. The van der Waals surface area contributed by atoms with Gasteiger partial charge >= 0.3 is 111 Å². The Hall–Kier alpha value is 0.679. The molecule has 0 amide bonds. The monoisotopic (exact) mass is 394 g/mol. The fraction of sp³-hybridized carbons (Fsp3) is 0.938. The van der Waals surface area contributed by atoms with E-state index in [-0.39, 0.29) is 0 Å². The van der Waals surface area contributed by atoms with Crippen molar-refractivity contribution in [2.45, 2.75) is 62.3 Å². The van der Waals surface area contributed by atoms with Crippen LogP contribution in [-0.4, -0.2) is 69.2 Å². The molecule has 0 rings (SSSR count). The van der Waals surface area contributed by atoms with Gasteiger partial charge in [-0.3, -0.25) is 0 Å². The van der Waals surface area contributed by atoms with Gasteiger partial charge in [-0.2, -0.15) is 0 Å². The van der Waals surface area contributed by atoms with E-state index in [2.05, 4.69) is 71.7 Å². The molecule has 123 valence electrons. The van der Waals surface area contributed by atoms with Crippen LogP contribution >= 0.6 is 0 Å². The third kappa shape index (κ3) is 9.59. The van der Waals surface area contributed by atoms with Crippen molar-refractivity contribution in [2.75, 3.05) is 39.3 Å². The SMILES string of the molecule is CC[N](CC)[SnH]([N](CC)CC)[N](CC)CC.C[C](C)C. The number of nitrogens with zero attached hydrogens (tertiary/aromatic N) is 3. The van der Waals surface area contributed by atoms with E-state index in [4.69, 9.17) is 0 Å². The summed E-state index contributed by atoms with van der Waals surface area (Å²) in [6.45, 7) is 27.4. The summed E-state index contributed by atoms with van der Waals surface area (Å²) >= 11 is -1.87. The smallest absolute Gasteiger partial charge is 0.0334 e. The van der Waals surface area contributed by atoms with Crippen molar-refractivity contribution in [3.8, 4) is 0 Å². The molecule has 0 aliphatic rings. The third-order valence-electron chi connectivity index (χ3n) is 3.42. The first-order valence-electron chi connectivity index (χ1n) is 8.41. The van der Waals surface area contributed by atoms with Crippen LogP contribution in [0.2, 0.25) is 0 Å². The molecular formula is C16H40N3Sn. The van der Waals surface area contributed by atoms with Crippen molar-refractivity contribution in [3.05, 3.63) is 5.92 Å². The van der Waals surface area contributed by atoms with Crippen molar-refractivity contribution < 1.29 is 0 Å². The van der Waals surface area contributed by atoms with Gasteiger partial charge in [0.2, 0.25) is 0 Å². The molecule has 0 fully saturated rings. The Balaban J connectivity index is 0. The molecular weight excluding hydrogens is 353 g/mol. The van der Waals surface area contributed by atoms with Crippen molar-refractivity contribution in [1.29, 1.82) is 0 Å². The van der Waals surface area contributed by atoms with Gasteiger partial charge in [0, 0.05) is 0 Å². The van der Waals surface area contributed by atoms with Crippen molar-refractivity contribution in [2.24, 2.45) is 0 Å². The molecule has 0 saturated heterocycles. The Labute approximate surface area is 137 Å². The fourth-order valence-electron chi connectivity index (χ4n) is 2.34. The largest absolute Gasteiger partial charge is 0.0597 e. The van der Waals surface area contributed by atoms with Gasteiger partial charge in [0.1, 0.15) is 0 Å². The topological polar surface area (TPSA) is 9.72 Å². The van der Waals surface area contributed by atoms with Gasteiger partial charge in [0.15, 0.2) is 0 Å². The molecule has 0 aromatic heterocycles. The molecule has 0 unspecified atom stereocenters. The molecule has 0 saturated carbocycles. The zero-order chi connectivity index (χ0) is 16.1. The third-order valence-corrected chi connectivity index (χ3v) is 15.3. The second-order valence-corrected chi connectivity index (χ2v) is 13.7. The molecule has 1 radical (unpaired) electrons. The molecule has 3 nitrogen and oxygen atoms in total. The summed E-state index contributed by atoms with van der Waals surface area (Å²) < 4.78 is 8.26. The van der Waals surface area contributed by atoms with Gasteiger partial charge in [-0.25, -0.2) is 0 Å². The Morgan fingerprint density at radius 1 is 0.550 bits per heavy atom. The fourth-order valence-corrected chi connectivity index (χ4v) is 11.9. The van der Waals surface area contributed by atoms with E-state index in [1.54, 1.807) is 0 Å². The maximum atomic E-state index is 2.75. The molecule has 0 atom stereocenters. The Morgan fingerprint density at radius 2 is 0.700 bits per heavy atom. The number of hydrogen-bond donors (Lipinski definition) is 0. The van der Waals surface area contributed by atoms with E-state index < -0.39 is 20.6 Å². The van der Waals surface area contributed by atoms with E-state index in [0.717, 1.165) is 0 Å². The molecule has 0 aliphatic heterocycles. The first kappa shape index (κ1) is 23.0. The van der Waals surface area contributed by atoms with Crippen LogP contribution in [0.15, 0.2) is 0 Å². The van der Waals surface area contributed by atoms with E-state index in [1.165, 1.54) is 45.2 Å². The summed E-state index contributed by atoms with van der Waals surface area (Å²) in [5.41, 5.74) is 0. The predicted molar refractivity (Wildman–Crippen MR) is 96.2 cm³/mol. The summed E-state index contributed by atoms with van der Waals surface area (Å²) in [4.78, 5) is 0. The second kappa shape index (κ2) is 14.6. The maximum Gasteiger partial charge on any atom is -0.0334 e. The van der Waals surface area contributed by atoms with Crippen LogP contribution < -0.4 is 0 Å². The zero-order valence-corrected chi connectivity index (χ0v) is 19.0. The summed E-state index contributed by atoms with van der Waals surface area (Å²) in [6, 6.07) is 0. The minimum atomic E-state index is -1.87. The Bertz CT molecular complexity index is 157. The van der Waals surface area contributed by atoms with Crippen LogP contribution in [0.4, 0.5) is 0 Å². The van der Waals surface area contributed by atoms with Crippen LogP contribution in [0, 0.1) is 5.92 Å². The molecule has 0 aromatic rings. The Kier molecular flexibility index (Phi) is 16.8. The molecule has 0 heterocycles. The van der Waals surface area contributed by atoms with Gasteiger partial charge in [-0.15, -0.1) is 0 Å². The molecule has 4 heteroatoms. The van der Waals surface area contributed by atoms with E-state index in [1.807, 2.05) is 0 Å². The zero-order valence-electron chi connectivity index (χ0n) is 15.7.